The molecule has 0 saturated carbocycles. The van der Waals surface area contributed by atoms with Crippen LogP contribution in [-0.4, -0.2) is 36.5 Å². The van der Waals surface area contributed by atoms with Crippen LogP contribution in [0.15, 0.2) is 41.5 Å². The second-order valence-electron chi connectivity index (χ2n) is 6.02. The van der Waals surface area contributed by atoms with Gasteiger partial charge < -0.3 is 16.0 Å². The molecule has 8 heteroatoms. The number of carbonyl (C=O) groups is 1. The molecule has 154 valence electrons. The molecule has 0 unspecified atom stereocenters. The zero-order chi connectivity index (χ0) is 19.3. The molecular weight excluding hydrogens is 485 g/mol. The first-order chi connectivity index (χ1) is 13.2. The highest BCUT2D eigenvalue weighted by atomic mass is 127. The number of amides is 1. The second kappa shape index (κ2) is 14.3. The summed E-state index contributed by atoms with van der Waals surface area (Å²) >= 11 is 1.75. The van der Waals surface area contributed by atoms with Gasteiger partial charge in [0.1, 0.15) is 0 Å². The molecule has 2 aromatic rings. The Labute approximate surface area is 188 Å². The lowest BCUT2D eigenvalue weighted by Crippen LogP contribution is -2.39. The SMILES string of the molecule is CCNC(=NCCc1ncc(CC)s1)NCCC(=O)NCc1ccccc1.I. The Kier molecular flexibility index (Phi) is 12.5. The van der Waals surface area contributed by atoms with Gasteiger partial charge in [-0.05, 0) is 18.9 Å². The van der Waals surface area contributed by atoms with E-state index in [-0.39, 0.29) is 29.9 Å². The molecule has 0 atom stereocenters. The van der Waals surface area contributed by atoms with Crippen molar-refractivity contribution in [1.82, 2.24) is 20.9 Å². The van der Waals surface area contributed by atoms with Gasteiger partial charge in [0.25, 0.3) is 0 Å². The molecule has 1 heterocycles. The third kappa shape index (κ3) is 9.50. The Bertz CT molecular complexity index is 720. The first-order valence-corrected chi connectivity index (χ1v) is 10.3. The van der Waals surface area contributed by atoms with Crippen molar-refractivity contribution in [1.29, 1.82) is 0 Å². The third-order valence-electron chi connectivity index (χ3n) is 3.87. The first-order valence-electron chi connectivity index (χ1n) is 9.47. The maximum Gasteiger partial charge on any atom is 0.222 e. The van der Waals surface area contributed by atoms with Crippen molar-refractivity contribution >= 4 is 47.2 Å². The van der Waals surface area contributed by atoms with Gasteiger partial charge in [-0.15, -0.1) is 35.3 Å². The minimum atomic E-state index is 0. The van der Waals surface area contributed by atoms with Gasteiger partial charge in [0.05, 0.1) is 5.01 Å². The Morgan fingerprint density at radius 2 is 1.93 bits per heavy atom. The summed E-state index contributed by atoms with van der Waals surface area (Å²) in [6.45, 7) is 6.72. The summed E-state index contributed by atoms with van der Waals surface area (Å²) in [5.74, 6) is 0.762. The Hall–Kier alpha value is -1.68. The summed E-state index contributed by atoms with van der Waals surface area (Å²) < 4.78 is 0. The summed E-state index contributed by atoms with van der Waals surface area (Å²) in [7, 11) is 0. The van der Waals surface area contributed by atoms with Crippen LogP contribution in [-0.2, 0) is 24.2 Å². The third-order valence-corrected chi connectivity index (χ3v) is 5.07. The van der Waals surface area contributed by atoms with Gasteiger partial charge in [-0.2, -0.15) is 0 Å². The van der Waals surface area contributed by atoms with E-state index in [1.54, 1.807) is 11.3 Å². The van der Waals surface area contributed by atoms with Gasteiger partial charge in [-0.25, -0.2) is 4.98 Å². The molecule has 0 bridgehead atoms. The van der Waals surface area contributed by atoms with Crippen LogP contribution in [0.2, 0.25) is 0 Å². The van der Waals surface area contributed by atoms with Crippen LogP contribution in [0, 0.1) is 0 Å². The lowest BCUT2D eigenvalue weighted by atomic mass is 10.2. The zero-order valence-electron chi connectivity index (χ0n) is 16.5. The zero-order valence-corrected chi connectivity index (χ0v) is 19.7. The summed E-state index contributed by atoms with van der Waals surface area (Å²) in [5.41, 5.74) is 1.10. The van der Waals surface area contributed by atoms with Gasteiger partial charge in [0.2, 0.25) is 5.91 Å². The monoisotopic (exact) mass is 515 g/mol. The molecule has 1 aromatic heterocycles. The predicted molar refractivity (Wildman–Crippen MR) is 127 cm³/mol. The number of benzene rings is 1. The normalized spacial score (nSPS) is 10.9. The van der Waals surface area contributed by atoms with Crippen molar-refractivity contribution in [3.05, 3.63) is 52.0 Å². The van der Waals surface area contributed by atoms with E-state index < -0.39 is 0 Å². The molecule has 1 amide bonds. The van der Waals surface area contributed by atoms with Crippen molar-refractivity contribution in [3.8, 4) is 0 Å². The van der Waals surface area contributed by atoms with Crippen molar-refractivity contribution in [2.75, 3.05) is 19.6 Å². The minimum Gasteiger partial charge on any atom is -0.357 e. The average Bonchev–Trinajstić information content (AvgIpc) is 3.15. The molecule has 6 nitrogen and oxygen atoms in total. The van der Waals surface area contributed by atoms with Crippen LogP contribution in [0.5, 0.6) is 0 Å². The lowest BCUT2D eigenvalue weighted by Gasteiger charge is -2.11. The summed E-state index contributed by atoms with van der Waals surface area (Å²) in [5, 5.41) is 10.5. The quantitative estimate of drug-likeness (QED) is 0.258. The first kappa shape index (κ1) is 24.4. The number of hydrogen-bond donors (Lipinski definition) is 3. The number of guanidine groups is 1. The van der Waals surface area contributed by atoms with Crippen molar-refractivity contribution < 1.29 is 4.79 Å². The van der Waals surface area contributed by atoms with E-state index >= 15 is 0 Å². The van der Waals surface area contributed by atoms with Gasteiger partial charge in [0, 0.05) is 50.1 Å². The lowest BCUT2D eigenvalue weighted by molar-refractivity contribution is -0.121. The smallest absolute Gasteiger partial charge is 0.222 e. The number of rotatable bonds is 10. The van der Waals surface area contributed by atoms with Crippen LogP contribution in [0.25, 0.3) is 0 Å². The standard InChI is InChI=1S/C20H29N5OS.HI/c1-3-17-15-25-19(27-17)11-13-23-20(21-4-2)22-12-10-18(26)24-14-16-8-6-5-7-9-16;/h5-9,15H,3-4,10-14H2,1-2H3,(H,24,26)(H2,21,22,23);1H. The molecule has 28 heavy (non-hydrogen) atoms. The Morgan fingerprint density at radius 1 is 1.14 bits per heavy atom. The molecule has 0 saturated heterocycles. The molecule has 0 aliphatic rings. The van der Waals surface area contributed by atoms with E-state index in [4.69, 9.17) is 0 Å². The summed E-state index contributed by atoms with van der Waals surface area (Å²) in [4.78, 5) is 22.3. The molecule has 1 aromatic carbocycles. The van der Waals surface area contributed by atoms with Crippen LogP contribution in [0.4, 0.5) is 0 Å². The van der Waals surface area contributed by atoms with Crippen LogP contribution in [0.3, 0.4) is 0 Å². The fourth-order valence-electron chi connectivity index (χ4n) is 2.41. The molecular formula is C20H30IN5OS. The van der Waals surface area contributed by atoms with Gasteiger partial charge >= 0.3 is 0 Å². The molecule has 3 N–H and O–H groups in total. The number of aliphatic imine (C=N–C) groups is 1. The number of nitrogens with zero attached hydrogens (tertiary/aromatic N) is 2. The molecule has 0 spiro atoms. The van der Waals surface area contributed by atoms with Gasteiger partial charge in [-0.3, -0.25) is 9.79 Å². The van der Waals surface area contributed by atoms with E-state index in [0.717, 1.165) is 35.9 Å². The van der Waals surface area contributed by atoms with E-state index in [9.17, 15) is 4.79 Å². The highest BCUT2D eigenvalue weighted by Crippen LogP contribution is 2.13. The number of thiazole rings is 1. The van der Waals surface area contributed by atoms with Crippen molar-refractivity contribution in [2.45, 2.75) is 39.7 Å². The molecule has 0 radical (unpaired) electrons. The van der Waals surface area contributed by atoms with Crippen LogP contribution in [0.1, 0.15) is 35.7 Å². The number of carbonyl (C=O) groups excluding carboxylic acids is 1. The minimum absolute atomic E-state index is 0. The Balaban J connectivity index is 0.00000392. The number of hydrogen-bond acceptors (Lipinski definition) is 4. The second-order valence-corrected chi connectivity index (χ2v) is 7.22. The molecule has 0 fully saturated rings. The molecule has 0 aliphatic carbocycles. The van der Waals surface area contributed by atoms with E-state index in [0.29, 0.717) is 26.1 Å². The number of halogens is 1. The fraction of sp³-hybridized carbons (Fsp3) is 0.450. The van der Waals surface area contributed by atoms with Crippen molar-refractivity contribution in [2.24, 2.45) is 4.99 Å². The molecule has 0 aliphatic heterocycles. The predicted octanol–water partition coefficient (Wildman–Crippen LogP) is 3.13. The number of nitrogens with one attached hydrogen (secondary N) is 3. The topological polar surface area (TPSA) is 78.4 Å². The number of aromatic nitrogens is 1. The van der Waals surface area contributed by atoms with Gasteiger partial charge in [0.15, 0.2) is 5.96 Å². The maximum absolute atomic E-state index is 12.0. The molecule has 2 rings (SSSR count). The van der Waals surface area contributed by atoms with E-state index in [1.165, 1.54) is 4.88 Å². The van der Waals surface area contributed by atoms with Crippen molar-refractivity contribution in [3.63, 3.8) is 0 Å². The van der Waals surface area contributed by atoms with Gasteiger partial charge in [-0.1, -0.05) is 37.3 Å². The highest BCUT2D eigenvalue weighted by Gasteiger charge is 2.04. The maximum atomic E-state index is 12.0. The van der Waals surface area contributed by atoms with Crippen LogP contribution < -0.4 is 16.0 Å². The van der Waals surface area contributed by atoms with Crippen LogP contribution >= 0.6 is 35.3 Å². The van der Waals surface area contributed by atoms with E-state index in [2.05, 4.69) is 32.9 Å². The fourth-order valence-corrected chi connectivity index (χ4v) is 3.26. The summed E-state index contributed by atoms with van der Waals surface area (Å²) in [6, 6.07) is 9.91. The largest absolute Gasteiger partial charge is 0.357 e. The van der Waals surface area contributed by atoms with E-state index in [1.807, 2.05) is 43.5 Å². The Morgan fingerprint density at radius 3 is 2.61 bits per heavy atom. The summed E-state index contributed by atoms with van der Waals surface area (Å²) in [6.07, 6.45) is 4.21. The average molecular weight is 515 g/mol. The highest BCUT2D eigenvalue weighted by molar-refractivity contribution is 14.0. The number of aryl methyl sites for hydroxylation is 1.